The quantitative estimate of drug-likeness (QED) is 0.183. The minimum absolute atomic E-state index is 0.0533. The smallest absolute Gasteiger partial charge is 0.303 e. The second-order valence-corrected chi connectivity index (χ2v) is 10.7. The van der Waals surface area contributed by atoms with Gasteiger partial charge in [0, 0.05) is 17.2 Å². The van der Waals surface area contributed by atoms with Crippen molar-refractivity contribution in [2.75, 3.05) is 0 Å². The standard InChI is InChI=1S/C37H31NO4/c1-37(23-22-36(39)40,30-14-20-33(21-15-30)42-34-17-11-26-6-2-3-8-28(26)24-34)29-12-18-32(19-13-29)41-25-31-16-10-27-7-4-5-9-35(27)38-31/h2-21,24H,22-23,25H2,1H3,(H,39,40). The first-order valence-corrected chi connectivity index (χ1v) is 14.0. The molecule has 42 heavy (non-hydrogen) atoms. The van der Waals surface area contributed by atoms with Crippen LogP contribution in [-0.2, 0) is 16.8 Å². The highest BCUT2D eigenvalue weighted by molar-refractivity contribution is 5.83. The Morgan fingerprint density at radius 1 is 0.690 bits per heavy atom. The Morgan fingerprint density at radius 2 is 1.29 bits per heavy atom. The molecule has 5 aromatic carbocycles. The summed E-state index contributed by atoms with van der Waals surface area (Å²) in [7, 11) is 0. The summed E-state index contributed by atoms with van der Waals surface area (Å²) in [6.07, 6.45) is 0.506. The van der Waals surface area contributed by atoms with Gasteiger partial charge in [-0.15, -0.1) is 0 Å². The number of para-hydroxylation sites is 1. The topological polar surface area (TPSA) is 68.7 Å². The molecule has 6 aromatic rings. The lowest BCUT2D eigenvalue weighted by Gasteiger charge is -2.31. The van der Waals surface area contributed by atoms with E-state index < -0.39 is 11.4 Å². The maximum atomic E-state index is 11.6. The van der Waals surface area contributed by atoms with Gasteiger partial charge >= 0.3 is 5.97 Å². The highest BCUT2D eigenvalue weighted by atomic mass is 16.5. The molecule has 0 aliphatic heterocycles. The van der Waals surface area contributed by atoms with E-state index in [9.17, 15) is 9.90 Å². The lowest BCUT2D eigenvalue weighted by atomic mass is 9.73. The van der Waals surface area contributed by atoms with Crippen molar-refractivity contribution in [2.45, 2.75) is 31.8 Å². The van der Waals surface area contributed by atoms with Gasteiger partial charge in [0.1, 0.15) is 23.9 Å². The number of ether oxygens (including phenoxy) is 2. The molecular formula is C37H31NO4. The van der Waals surface area contributed by atoms with Gasteiger partial charge in [-0.3, -0.25) is 4.79 Å². The average molecular weight is 554 g/mol. The van der Waals surface area contributed by atoms with Crippen LogP contribution in [0.25, 0.3) is 21.7 Å². The number of carboxylic acids is 1. The second kappa shape index (κ2) is 11.8. The van der Waals surface area contributed by atoms with E-state index in [0.717, 1.165) is 55.7 Å². The first-order valence-electron chi connectivity index (χ1n) is 14.0. The third kappa shape index (κ3) is 5.96. The number of hydrogen-bond donors (Lipinski definition) is 1. The van der Waals surface area contributed by atoms with Crippen molar-refractivity contribution >= 4 is 27.6 Å². The van der Waals surface area contributed by atoms with Crippen molar-refractivity contribution < 1.29 is 19.4 Å². The van der Waals surface area contributed by atoms with E-state index in [1.54, 1.807) is 0 Å². The Balaban J connectivity index is 1.19. The number of aliphatic carboxylic acids is 1. The van der Waals surface area contributed by atoms with Crippen LogP contribution in [0.5, 0.6) is 17.2 Å². The monoisotopic (exact) mass is 553 g/mol. The molecule has 1 N–H and O–H groups in total. The molecule has 0 aliphatic rings. The fourth-order valence-electron chi connectivity index (χ4n) is 5.33. The SMILES string of the molecule is CC(CCC(=O)O)(c1ccc(OCc2ccc3ccccc3n2)cc1)c1ccc(Oc2ccc3ccccc3c2)cc1. The Labute approximate surface area is 245 Å². The predicted octanol–water partition coefficient (Wildman–Crippen LogP) is 8.93. The van der Waals surface area contributed by atoms with E-state index in [-0.39, 0.29) is 6.42 Å². The van der Waals surface area contributed by atoms with Crippen LogP contribution >= 0.6 is 0 Å². The molecule has 208 valence electrons. The van der Waals surface area contributed by atoms with Crippen molar-refractivity contribution in [3.8, 4) is 17.2 Å². The number of fused-ring (bicyclic) bond motifs is 2. The number of carboxylic acid groups (broad SMARTS) is 1. The van der Waals surface area contributed by atoms with E-state index in [4.69, 9.17) is 9.47 Å². The molecule has 0 aliphatic carbocycles. The second-order valence-electron chi connectivity index (χ2n) is 10.7. The number of nitrogens with zero attached hydrogens (tertiary/aromatic N) is 1. The van der Waals surface area contributed by atoms with Gasteiger partial charge in [0.15, 0.2) is 0 Å². The molecule has 0 fully saturated rings. The molecule has 0 saturated heterocycles. The fourth-order valence-corrected chi connectivity index (χ4v) is 5.33. The zero-order valence-electron chi connectivity index (χ0n) is 23.4. The normalized spacial score (nSPS) is 12.6. The fraction of sp³-hybridized carbons (Fsp3) is 0.135. The van der Waals surface area contributed by atoms with Crippen molar-refractivity contribution in [3.05, 3.63) is 144 Å². The molecule has 0 spiro atoms. The summed E-state index contributed by atoms with van der Waals surface area (Å²) in [6.45, 7) is 2.45. The highest BCUT2D eigenvalue weighted by Gasteiger charge is 2.30. The molecule has 0 bridgehead atoms. The molecule has 1 aromatic heterocycles. The van der Waals surface area contributed by atoms with Crippen molar-refractivity contribution in [3.63, 3.8) is 0 Å². The lowest BCUT2D eigenvalue weighted by Crippen LogP contribution is -2.24. The average Bonchev–Trinajstić information content (AvgIpc) is 3.03. The molecule has 1 heterocycles. The zero-order chi connectivity index (χ0) is 28.9. The molecule has 1 unspecified atom stereocenters. The Morgan fingerprint density at radius 3 is 2.00 bits per heavy atom. The third-order valence-corrected chi connectivity index (χ3v) is 7.82. The number of hydrogen-bond acceptors (Lipinski definition) is 4. The molecule has 1 atom stereocenters. The molecule has 0 radical (unpaired) electrons. The molecule has 0 saturated carbocycles. The van der Waals surface area contributed by atoms with Gasteiger partial charge in [-0.1, -0.05) is 85.8 Å². The van der Waals surface area contributed by atoms with Gasteiger partial charge < -0.3 is 14.6 Å². The van der Waals surface area contributed by atoms with Gasteiger partial charge in [-0.2, -0.15) is 0 Å². The van der Waals surface area contributed by atoms with Crippen molar-refractivity contribution in [2.24, 2.45) is 0 Å². The summed E-state index contributed by atoms with van der Waals surface area (Å²) in [4.78, 5) is 16.3. The Hall–Kier alpha value is -5.16. The van der Waals surface area contributed by atoms with Gasteiger partial charge in [-0.05, 0) is 76.9 Å². The van der Waals surface area contributed by atoms with E-state index in [1.165, 1.54) is 0 Å². The first kappa shape index (κ1) is 27.0. The van der Waals surface area contributed by atoms with E-state index in [2.05, 4.69) is 30.1 Å². The van der Waals surface area contributed by atoms with Crippen LogP contribution in [0, 0.1) is 0 Å². The van der Waals surface area contributed by atoms with Crippen molar-refractivity contribution in [1.29, 1.82) is 0 Å². The van der Waals surface area contributed by atoms with Crippen LogP contribution in [0.15, 0.2) is 127 Å². The predicted molar refractivity (Wildman–Crippen MR) is 166 cm³/mol. The highest BCUT2D eigenvalue weighted by Crippen LogP contribution is 2.38. The van der Waals surface area contributed by atoms with Crippen LogP contribution in [0.3, 0.4) is 0 Å². The summed E-state index contributed by atoms with van der Waals surface area (Å²) < 4.78 is 12.2. The third-order valence-electron chi connectivity index (χ3n) is 7.82. The van der Waals surface area contributed by atoms with E-state index in [1.807, 2.05) is 109 Å². The molecule has 6 rings (SSSR count). The Kier molecular flexibility index (Phi) is 7.56. The maximum absolute atomic E-state index is 11.6. The summed E-state index contributed by atoms with van der Waals surface area (Å²) in [6, 6.07) is 42.1. The summed E-state index contributed by atoms with van der Waals surface area (Å²) in [5.74, 6) is 1.40. The molecule has 5 heteroatoms. The van der Waals surface area contributed by atoms with Crippen LogP contribution in [0.4, 0.5) is 0 Å². The summed E-state index contributed by atoms with van der Waals surface area (Å²) >= 11 is 0. The number of pyridine rings is 1. The number of aromatic nitrogens is 1. The van der Waals surface area contributed by atoms with Crippen LogP contribution in [0.1, 0.15) is 36.6 Å². The largest absolute Gasteiger partial charge is 0.487 e. The summed E-state index contributed by atoms with van der Waals surface area (Å²) in [5.41, 5.74) is 3.32. The van der Waals surface area contributed by atoms with E-state index >= 15 is 0 Å². The zero-order valence-corrected chi connectivity index (χ0v) is 23.4. The van der Waals surface area contributed by atoms with Crippen LogP contribution in [-0.4, -0.2) is 16.1 Å². The van der Waals surface area contributed by atoms with Gasteiger partial charge in [0.2, 0.25) is 0 Å². The number of rotatable bonds is 10. The Bertz CT molecular complexity index is 1850. The van der Waals surface area contributed by atoms with Crippen molar-refractivity contribution in [1.82, 2.24) is 4.98 Å². The van der Waals surface area contributed by atoms with Crippen LogP contribution in [0.2, 0.25) is 0 Å². The molecular weight excluding hydrogens is 522 g/mol. The maximum Gasteiger partial charge on any atom is 0.303 e. The minimum atomic E-state index is -0.819. The van der Waals surface area contributed by atoms with E-state index in [0.29, 0.717) is 13.0 Å². The van der Waals surface area contributed by atoms with Gasteiger partial charge in [-0.25, -0.2) is 4.98 Å². The summed E-state index contributed by atoms with van der Waals surface area (Å²) in [5, 5.41) is 12.9. The van der Waals surface area contributed by atoms with Gasteiger partial charge in [0.05, 0.1) is 11.2 Å². The number of benzene rings is 5. The molecule has 0 amide bonds. The lowest BCUT2D eigenvalue weighted by molar-refractivity contribution is -0.137. The first-order chi connectivity index (χ1) is 20.5. The minimum Gasteiger partial charge on any atom is -0.487 e. The van der Waals surface area contributed by atoms with Gasteiger partial charge in [0.25, 0.3) is 0 Å². The molecule has 5 nitrogen and oxygen atoms in total. The van der Waals surface area contributed by atoms with Crippen LogP contribution < -0.4 is 9.47 Å². The number of carbonyl (C=O) groups is 1.